The molecule has 1 N–H and O–H groups in total. The van der Waals surface area contributed by atoms with Crippen LogP contribution in [0.25, 0.3) is 0 Å². The first-order valence-electron chi connectivity index (χ1n) is 8.42. The molecule has 0 bridgehead atoms. The molecule has 5 nitrogen and oxygen atoms in total. The third-order valence-corrected chi connectivity index (χ3v) is 6.08. The maximum atomic E-state index is 12.3. The fraction of sp³-hybridized carbons (Fsp3) is 0.706. The molecule has 1 saturated carbocycles. The molecule has 0 atom stereocenters. The molecule has 0 aromatic carbocycles. The van der Waals surface area contributed by atoms with Crippen LogP contribution in [0.4, 0.5) is 5.13 Å². The van der Waals surface area contributed by atoms with E-state index in [-0.39, 0.29) is 6.04 Å². The molecule has 2 aliphatic rings. The Hall–Kier alpha value is -1.43. The van der Waals surface area contributed by atoms with E-state index in [9.17, 15) is 9.59 Å². The van der Waals surface area contributed by atoms with Crippen molar-refractivity contribution < 1.29 is 9.59 Å². The highest BCUT2D eigenvalue weighted by atomic mass is 32.1. The van der Waals surface area contributed by atoms with Gasteiger partial charge in [-0.05, 0) is 37.5 Å². The number of fused-ring (bicyclic) bond motifs is 1. The number of likely N-dealkylation sites (N-methyl/N-ethyl adjacent to an activating group) is 1. The summed E-state index contributed by atoms with van der Waals surface area (Å²) in [5.41, 5.74) is 1.38. The van der Waals surface area contributed by atoms with Crippen LogP contribution < -0.4 is 5.32 Å². The smallest absolute Gasteiger partial charge is 0.315 e. The van der Waals surface area contributed by atoms with E-state index in [4.69, 9.17) is 0 Å². The van der Waals surface area contributed by atoms with Crippen LogP contribution in [-0.2, 0) is 22.4 Å². The molecule has 2 amide bonds. The van der Waals surface area contributed by atoms with E-state index in [1.54, 1.807) is 11.9 Å². The maximum Gasteiger partial charge on any atom is 0.315 e. The van der Waals surface area contributed by atoms with Crippen LogP contribution in [0.5, 0.6) is 0 Å². The number of amides is 2. The maximum absolute atomic E-state index is 12.3. The lowest BCUT2D eigenvalue weighted by atomic mass is 9.79. The number of anilines is 1. The molecule has 0 unspecified atom stereocenters. The van der Waals surface area contributed by atoms with E-state index < -0.39 is 11.8 Å². The van der Waals surface area contributed by atoms with Crippen molar-refractivity contribution in [1.29, 1.82) is 0 Å². The van der Waals surface area contributed by atoms with Gasteiger partial charge in [-0.1, -0.05) is 26.7 Å². The van der Waals surface area contributed by atoms with Crippen molar-refractivity contribution in [2.45, 2.75) is 64.8 Å². The van der Waals surface area contributed by atoms with Crippen molar-refractivity contribution in [3.05, 3.63) is 10.6 Å². The molecule has 0 aliphatic heterocycles. The van der Waals surface area contributed by atoms with Gasteiger partial charge in [-0.2, -0.15) is 0 Å². The summed E-state index contributed by atoms with van der Waals surface area (Å²) in [5.74, 6) is -1.02. The molecule has 1 heterocycles. The van der Waals surface area contributed by atoms with Crippen LogP contribution in [0.1, 0.15) is 56.5 Å². The molecule has 0 spiro atoms. The molecule has 6 heteroatoms. The lowest BCUT2D eigenvalue weighted by Gasteiger charge is -2.28. The fourth-order valence-electron chi connectivity index (χ4n) is 3.52. The monoisotopic (exact) mass is 335 g/mol. The van der Waals surface area contributed by atoms with Gasteiger partial charge in [-0.15, -0.1) is 11.3 Å². The highest BCUT2D eigenvalue weighted by Gasteiger charge is 2.30. The predicted octanol–water partition coefficient (Wildman–Crippen LogP) is 3.00. The van der Waals surface area contributed by atoms with E-state index in [1.807, 2.05) is 0 Å². The normalized spacial score (nSPS) is 20.1. The molecule has 126 valence electrons. The number of carbonyl (C=O) groups is 2. The predicted molar refractivity (Wildman–Crippen MR) is 91.6 cm³/mol. The topological polar surface area (TPSA) is 62.3 Å². The Labute approximate surface area is 141 Å². The number of thiazole rings is 1. The second kappa shape index (κ2) is 6.23. The lowest BCUT2D eigenvalue weighted by Crippen LogP contribution is -2.42. The Bertz CT molecular complexity index is 617. The van der Waals surface area contributed by atoms with E-state index >= 15 is 0 Å². The first kappa shape index (κ1) is 16.4. The minimum atomic E-state index is -0.565. The van der Waals surface area contributed by atoms with Crippen molar-refractivity contribution in [2.24, 2.45) is 5.41 Å². The SMILES string of the molecule is CN(C(=O)C(=O)Nc1nc2c(s1)CC(C)(C)CC2)C1CCCC1. The van der Waals surface area contributed by atoms with E-state index in [1.165, 1.54) is 16.2 Å². The largest absolute Gasteiger partial charge is 0.335 e. The molecule has 1 aromatic rings. The first-order chi connectivity index (χ1) is 10.9. The molecule has 0 saturated heterocycles. The van der Waals surface area contributed by atoms with Crippen LogP contribution in [0.2, 0.25) is 0 Å². The summed E-state index contributed by atoms with van der Waals surface area (Å²) in [6.45, 7) is 4.52. The Morgan fingerprint density at radius 3 is 2.70 bits per heavy atom. The molecule has 1 aromatic heterocycles. The molecular weight excluding hydrogens is 310 g/mol. The van der Waals surface area contributed by atoms with E-state index in [2.05, 4.69) is 24.1 Å². The van der Waals surface area contributed by atoms with Gasteiger partial charge in [0.1, 0.15) is 0 Å². The van der Waals surface area contributed by atoms with Gasteiger partial charge in [0.25, 0.3) is 0 Å². The third kappa shape index (κ3) is 3.57. The number of carbonyl (C=O) groups excluding carboxylic acids is 2. The fourth-order valence-corrected chi connectivity index (χ4v) is 4.78. The summed E-state index contributed by atoms with van der Waals surface area (Å²) in [5, 5.41) is 3.27. The van der Waals surface area contributed by atoms with Crippen LogP contribution in [-0.4, -0.2) is 34.8 Å². The Morgan fingerprint density at radius 1 is 1.30 bits per heavy atom. The van der Waals surface area contributed by atoms with Crippen molar-refractivity contribution in [3.8, 4) is 0 Å². The standard InChI is InChI=1S/C17H25N3O2S/c1-17(2)9-8-12-13(10-17)23-16(18-12)19-14(21)15(22)20(3)11-6-4-5-7-11/h11H,4-10H2,1-3H3,(H,18,19,21). The second-order valence-electron chi connectivity index (χ2n) is 7.54. The van der Waals surface area contributed by atoms with Gasteiger partial charge < -0.3 is 4.90 Å². The minimum Gasteiger partial charge on any atom is -0.335 e. The molecule has 3 rings (SSSR count). The summed E-state index contributed by atoms with van der Waals surface area (Å²) in [6.07, 6.45) is 7.32. The number of rotatable bonds is 2. The first-order valence-corrected chi connectivity index (χ1v) is 9.24. The average Bonchev–Trinajstić information content (AvgIpc) is 3.13. The molecule has 2 aliphatic carbocycles. The quantitative estimate of drug-likeness (QED) is 0.845. The van der Waals surface area contributed by atoms with Crippen LogP contribution in [0.15, 0.2) is 0 Å². The minimum absolute atomic E-state index is 0.207. The lowest BCUT2D eigenvalue weighted by molar-refractivity contribution is -0.143. The van der Waals surface area contributed by atoms with Gasteiger partial charge >= 0.3 is 11.8 Å². The van der Waals surface area contributed by atoms with E-state index in [0.29, 0.717) is 10.5 Å². The highest BCUT2D eigenvalue weighted by Crippen LogP contribution is 2.38. The molecular formula is C17H25N3O2S. The van der Waals surface area contributed by atoms with Crippen LogP contribution in [0.3, 0.4) is 0 Å². The zero-order chi connectivity index (χ0) is 16.6. The van der Waals surface area contributed by atoms with Crippen molar-refractivity contribution in [2.75, 3.05) is 12.4 Å². The van der Waals surface area contributed by atoms with Gasteiger partial charge in [0, 0.05) is 18.0 Å². The summed E-state index contributed by atoms with van der Waals surface area (Å²) >= 11 is 1.51. The van der Waals surface area contributed by atoms with Crippen LogP contribution in [0, 0.1) is 5.41 Å². The Morgan fingerprint density at radius 2 is 2.00 bits per heavy atom. The number of aromatic nitrogens is 1. The molecule has 1 fully saturated rings. The summed E-state index contributed by atoms with van der Waals surface area (Å²) in [4.78, 5) is 31.8. The third-order valence-electron chi connectivity index (χ3n) is 5.06. The second-order valence-corrected chi connectivity index (χ2v) is 8.62. The van der Waals surface area contributed by atoms with Gasteiger partial charge in [-0.3, -0.25) is 14.9 Å². The summed E-state index contributed by atoms with van der Waals surface area (Å²) in [6, 6.07) is 0.207. The van der Waals surface area contributed by atoms with Crippen molar-refractivity contribution >= 4 is 28.3 Å². The van der Waals surface area contributed by atoms with Gasteiger partial charge in [0.05, 0.1) is 5.69 Å². The van der Waals surface area contributed by atoms with Gasteiger partial charge in [0.15, 0.2) is 5.13 Å². The highest BCUT2D eigenvalue weighted by molar-refractivity contribution is 7.16. The summed E-state index contributed by atoms with van der Waals surface area (Å²) in [7, 11) is 1.73. The molecule has 0 radical (unpaired) electrons. The zero-order valence-corrected chi connectivity index (χ0v) is 15.0. The van der Waals surface area contributed by atoms with Gasteiger partial charge in [-0.25, -0.2) is 4.98 Å². The number of hydrogen-bond acceptors (Lipinski definition) is 4. The molecule has 23 heavy (non-hydrogen) atoms. The Kier molecular flexibility index (Phi) is 4.45. The number of nitrogens with zero attached hydrogens (tertiary/aromatic N) is 2. The van der Waals surface area contributed by atoms with Crippen molar-refractivity contribution in [1.82, 2.24) is 9.88 Å². The number of hydrogen-bond donors (Lipinski definition) is 1. The van der Waals surface area contributed by atoms with Crippen molar-refractivity contribution in [3.63, 3.8) is 0 Å². The Balaban J connectivity index is 1.64. The zero-order valence-electron chi connectivity index (χ0n) is 14.1. The summed E-state index contributed by atoms with van der Waals surface area (Å²) < 4.78 is 0. The average molecular weight is 335 g/mol. The van der Waals surface area contributed by atoms with Crippen LogP contribution >= 0.6 is 11.3 Å². The number of aryl methyl sites for hydroxylation is 1. The number of nitrogens with one attached hydrogen (secondary N) is 1. The van der Waals surface area contributed by atoms with E-state index in [0.717, 1.165) is 50.6 Å². The van der Waals surface area contributed by atoms with Gasteiger partial charge in [0.2, 0.25) is 0 Å².